The third-order valence-corrected chi connectivity index (χ3v) is 3.07. The lowest BCUT2D eigenvalue weighted by atomic mass is 10.1. The Balaban J connectivity index is 2.04. The first-order valence-electron chi connectivity index (χ1n) is 6.07. The molecule has 0 radical (unpaired) electrons. The second kappa shape index (κ2) is 5.21. The summed E-state index contributed by atoms with van der Waals surface area (Å²) < 4.78 is 0. The summed E-state index contributed by atoms with van der Waals surface area (Å²) in [6.45, 7) is 3.30. The van der Waals surface area contributed by atoms with E-state index < -0.39 is 0 Å². The average Bonchev–Trinajstić information content (AvgIpc) is 2.35. The summed E-state index contributed by atoms with van der Waals surface area (Å²) >= 11 is 0. The highest BCUT2D eigenvalue weighted by Crippen LogP contribution is 2.28. The molecule has 0 saturated heterocycles. The molecule has 1 unspecified atom stereocenters. The Labute approximate surface area is 96.9 Å². The fraction of sp³-hybridized carbons (Fsp3) is 0.538. The number of benzene rings is 1. The van der Waals surface area contributed by atoms with E-state index in [1.54, 1.807) is 0 Å². The van der Waals surface area contributed by atoms with E-state index in [1.165, 1.54) is 19.3 Å². The first-order valence-corrected chi connectivity index (χ1v) is 6.07. The quantitative estimate of drug-likeness (QED) is 0.730. The molecular formula is C13H20N2O. The molecule has 0 spiro atoms. The third kappa shape index (κ3) is 2.47. The average molecular weight is 220 g/mol. The van der Waals surface area contributed by atoms with Crippen molar-refractivity contribution in [2.24, 2.45) is 0 Å². The smallest absolute Gasteiger partial charge is 0.0682 e. The van der Waals surface area contributed by atoms with Gasteiger partial charge < -0.3 is 15.7 Å². The zero-order chi connectivity index (χ0) is 11.4. The summed E-state index contributed by atoms with van der Waals surface area (Å²) in [5.41, 5.74) is 3.23. The van der Waals surface area contributed by atoms with Gasteiger partial charge in [0.2, 0.25) is 0 Å². The fourth-order valence-corrected chi connectivity index (χ4v) is 2.09. The van der Waals surface area contributed by atoms with Gasteiger partial charge in [0.1, 0.15) is 0 Å². The molecule has 0 bridgehead atoms. The minimum atomic E-state index is 0.105. The van der Waals surface area contributed by atoms with Crippen molar-refractivity contribution in [1.29, 1.82) is 0 Å². The second-order valence-electron chi connectivity index (χ2n) is 4.40. The van der Waals surface area contributed by atoms with Gasteiger partial charge in [0.05, 0.1) is 18.0 Å². The van der Waals surface area contributed by atoms with Crippen LogP contribution in [0.1, 0.15) is 31.7 Å². The Morgan fingerprint density at radius 3 is 3.00 bits per heavy atom. The van der Waals surface area contributed by atoms with Crippen LogP contribution in [0.15, 0.2) is 18.2 Å². The molecule has 0 saturated carbocycles. The number of hydrogen-bond acceptors (Lipinski definition) is 3. The summed E-state index contributed by atoms with van der Waals surface area (Å²) in [6.07, 6.45) is 3.72. The van der Waals surface area contributed by atoms with Crippen LogP contribution in [0.3, 0.4) is 0 Å². The number of anilines is 2. The Kier molecular flexibility index (Phi) is 3.67. The molecule has 1 atom stereocenters. The predicted molar refractivity (Wildman–Crippen MR) is 67.8 cm³/mol. The maximum Gasteiger partial charge on any atom is 0.0682 e. The zero-order valence-corrected chi connectivity index (χ0v) is 9.79. The Morgan fingerprint density at radius 2 is 2.25 bits per heavy atom. The van der Waals surface area contributed by atoms with Crippen LogP contribution >= 0.6 is 0 Å². The topological polar surface area (TPSA) is 44.3 Å². The van der Waals surface area contributed by atoms with Crippen LogP contribution in [0.4, 0.5) is 11.4 Å². The molecule has 0 amide bonds. The molecule has 3 nitrogen and oxygen atoms in total. The number of unbranched alkanes of at least 4 members (excludes halogenated alkanes) is 1. The van der Waals surface area contributed by atoms with Gasteiger partial charge in [0.15, 0.2) is 0 Å². The van der Waals surface area contributed by atoms with Crippen molar-refractivity contribution >= 4 is 11.4 Å². The maximum atomic E-state index is 9.06. The van der Waals surface area contributed by atoms with Gasteiger partial charge in [-0.3, -0.25) is 0 Å². The number of aliphatic hydroxyl groups excluding tert-OH is 1. The zero-order valence-electron chi connectivity index (χ0n) is 9.79. The summed E-state index contributed by atoms with van der Waals surface area (Å²) in [4.78, 5) is 0. The lowest BCUT2D eigenvalue weighted by Crippen LogP contribution is -2.32. The minimum absolute atomic E-state index is 0.105. The van der Waals surface area contributed by atoms with E-state index in [9.17, 15) is 0 Å². The van der Waals surface area contributed by atoms with Crippen LogP contribution in [0.2, 0.25) is 0 Å². The Morgan fingerprint density at radius 1 is 1.38 bits per heavy atom. The number of nitrogens with one attached hydrogen (secondary N) is 2. The van der Waals surface area contributed by atoms with Crippen molar-refractivity contribution in [3.05, 3.63) is 23.8 Å². The van der Waals surface area contributed by atoms with Crippen molar-refractivity contribution in [1.82, 2.24) is 0 Å². The summed E-state index contributed by atoms with van der Waals surface area (Å²) in [5, 5.41) is 16.0. The Hall–Kier alpha value is -1.22. The van der Waals surface area contributed by atoms with E-state index in [0.29, 0.717) is 6.04 Å². The molecule has 1 aromatic rings. The highest BCUT2D eigenvalue weighted by atomic mass is 16.3. The van der Waals surface area contributed by atoms with Crippen LogP contribution in [0.5, 0.6) is 0 Å². The number of aliphatic hydroxyl groups is 1. The van der Waals surface area contributed by atoms with E-state index in [0.717, 1.165) is 23.5 Å². The van der Waals surface area contributed by atoms with Crippen molar-refractivity contribution in [2.75, 3.05) is 17.2 Å². The first-order chi connectivity index (χ1) is 7.83. The normalized spacial score (nSPS) is 18.5. The minimum Gasteiger partial charge on any atom is -0.392 e. The second-order valence-corrected chi connectivity index (χ2v) is 4.40. The molecule has 0 aromatic heterocycles. The third-order valence-electron chi connectivity index (χ3n) is 3.07. The van der Waals surface area contributed by atoms with E-state index in [-0.39, 0.29) is 6.61 Å². The van der Waals surface area contributed by atoms with Crippen LogP contribution < -0.4 is 10.6 Å². The molecule has 0 fully saturated rings. The molecule has 88 valence electrons. The highest BCUT2D eigenvalue weighted by Gasteiger charge is 2.16. The van der Waals surface area contributed by atoms with Gasteiger partial charge in [-0.15, -0.1) is 0 Å². The van der Waals surface area contributed by atoms with E-state index in [2.05, 4.69) is 17.6 Å². The molecule has 1 aliphatic rings. The lowest BCUT2D eigenvalue weighted by molar-refractivity contribution is 0.282. The number of hydrogen-bond donors (Lipinski definition) is 3. The van der Waals surface area contributed by atoms with Crippen molar-refractivity contribution in [2.45, 2.75) is 38.8 Å². The SMILES string of the molecule is CCCCC1CNc2cc(CO)ccc2N1. The van der Waals surface area contributed by atoms with Crippen molar-refractivity contribution < 1.29 is 5.11 Å². The van der Waals surface area contributed by atoms with Gasteiger partial charge in [-0.2, -0.15) is 0 Å². The monoisotopic (exact) mass is 220 g/mol. The van der Waals surface area contributed by atoms with Crippen LogP contribution in [0, 0.1) is 0 Å². The predicted octanol–water partition coefficient (Wildman–Crippen LogP) is 2.58. The van der Waals surface area contributed by atoms with E-state index in [1.807, 2.05) is 18.2 Å². The first kappa shape index (κ1) is 11.3. The van der Waals surface area contributed by atoms with Crippen molar-refractivity contribution in [3.8, 4) is 0 Å². The molecule has 1 aliphatic heterocycles. The summed E-state index contributed by atoms with van der Waals surface area (Å²) in [5.74, 6) is 0. The van der Waals surface area contributed by atoms with E-state index >= 15 is 0 Å². The largest absolute Gasteiger partial charge is 0.392 e. The molecule has 16 heavy (non-hydrogen) atoms. The van der Waals surface area contributed by atoms with Gasteiger partial charge in [0, 0.05) is 12.6 Å². The van der Waals surface area contributed by atoms with Crippen molar-refractivity contribution in [3.63, 3.8) is 0 Å². The van der Waals surface area contributed by atoms with E-state index in [4.69, 9.17) is 5.11 Å². The molecule has 3 N–H and O–H groups in total. The lowest BCUT2D eigenvalue weighted by Gasteiger charge is -2.28. The molecule has 0 aliphatic carbocycles. The molecule has 3 heteroatoms. The summed E-state index contributed by atoms with van der Waals surface area (Å²) in [6, 6.07) is 6.56. The number of fused-ring (bicyclic) bond motifs is 1. The molecule has 1 aromatic carbocycles. The van der Waals surface area contributed by atoms with Gasteiger partial charge in [-0.1, -0.05) is 25.8 Å². The number of rotatable bonds is 4. The highest BCUT2D eigenvalue weighted by molar-refractivity contribution is 5.72. The molecule has 2 rings (SSSR count). The maximum absolute atomic E-state index is 9.06. The van der Waals surface area contributed by atoms with Crippen LogP contribution in [0.25, 0.3) is 0 Å². The van der Waals surface area contributed by atoms with Crippen LogP contribution in [-0.2, 0) is 6.61 Å². The standard InChI is InChI=1S/C13H20N2O/c1-2-3-4-11-8-14-13-7-10(9-16)5-6-12(13)15-11/h5-7,11,14-16H,2-4,8-9H2,1H3. The molecule has 1 heterocycles. The van der Waals surface area contributed by atoms with Gasteiger partial charge in [-0.25, -0.2) is 0 Å². The van der Waals surface area contributed by atoms with Gasteiger partial charge in [-0.05, 0) is 24.1 Å². The van der Waals surface area contributed by atoms with Gasteiger partial charge >= 0.3 is 0 Å². The Bertz CT molecular complexity index is 352. The molecular weight excluding hydrogens is 200 g/mol. The van der Waals surface area contributed by atoms with Gasteiger partial charge in [0.25, 0.3) is 0 Å². The summed E-state index contributed by atoms with van der Waals surface area (Å²) in [7, 11) is 0. The fourth-order valence-electron chi connectivity index (χ4n) is 2.09. The van der Waals surface area contributed by atoms with Crippen LogP contribution in [-0.4, -0.2) is 17.7 Å².